The number of nitrogens with one attached hydrogen (secondary N) is 1. The fourth-order valence-corrected chi connectivity index (χ4v) is 3.08. The Balaban J connectivity index is 1.68. The molecule has 0 fully saturated rings. The van der Waals surface area contributed by atoms with Crippen LogP contribution < -0.4 is 5.32 Å². The molecular formula is C19H15Cl2N5. The van der Waals surface area contributed by atoms with Gasteiger partial charge in [-0.2, -0.15) is 5.10 Å². The molecule has 0 aliphatic heterocycles. The highest BCUT2D eigenvalue weighted by Gasteiger charge is 2.11. The van der Waals surface area contributed by atoms with Crippen LogP contribution in [0.2, 0.25) is 10.0 Å². The van der Waals surface area contributed by atoms with Gasteiger partial charge in [0.2, 0.25) is 0 Å². The Labute approximate surface area is 160 Å². The third-order valence-electron chi connectivity index (χ3n) is 4.15. The first-order valence-corrected chi connectivity index (χ1v) is 8.80. The number of anilines is 2. The van der Waals surface area contributed by atoms with Crippen LogP contribution in [0.1, 0.15) is 11.1 Å². The molecule has 0 bridgehead atoms. The largest absolute Gasteiger partial charge is 0.339 e. The Morgan fingerprint density at radius 2 is 1.88 bits per heavy atom. The average molecular weight is 384 g/mol. The molecule has 0 spiro atoms. The zero-order valence-corrected chi connectivity index (χ0v) is 15.5. The van der Waals surface area contributed by atoms with Gasteiger partial charge in [-0.25, -0.2) is 14.6 Å². The quantitative estimate of drug-likeness (QED) is 0.523. The molecule has 130 valence electrons. The molecule has 2 aromatic heterocycles. The van der Waals surface area contributed by atoms with Gasteiger partial charge < -0.3 is 5.32 Å². The Morgan fingerprint density at radius 3 is 2.69 bits per heavy atom. The van der Waals surface area contributed by atoms with E-state index >= 15 is 0 Å². The highest BCUT2D eigenvalue weighted by molar-refractivity contribution is 6.31. The van der Waals surface area contributed by atoms with Crippen molar-refractivity contribution < 1.29 is 0 Å². The molecule has 0 radical (unpaired) electrons. The smallest absolute Gasteiger partial charge is 0.163 e. The van der Waals surface area contributed by atoms with Crippen molar-refractivity contribution in [1.82, 2.24) is 19.7 Å². The lowest BCUT2D eigenvalue weighted by molar-refractivity contribution is 0.704. The maximum Gasteiger partial charge on any atom is 0.163 e. The molecule has 0 unspecified atom stereocenters. The maximum absolute atomic E-state index is 6.26. The van der Waals surface area contributed by atoms with E-state index in [0.717, 1.165) is 27.8 Å². The number of hydrogen-bond donors (Lipinski definition) is 1. The van der Waals surface area contributed by atoms with E-state index in [0.29, 0.717) is 22.4 Å². The van der Waals surface area contributed by atoms with Gasteiger partial charge in [-0.1, -0.05) is 47.5 Å². The highest BCUT2D eigenvalue weighted by atomic mass is 35.5. The molecule has 0 aliphatic rings. The van der Waals surface area contributed by atoms with Crippen LogP contribution in [0.4, 0.5) is 11.5 Å². The van der Waals surface area contributed by atoms with Crippen molar-refractivity contribution in [2.75, 3.05) is 5.32 Å². The topological polar surface area (TPSA) is 55.6 Å². The van der Waals surface area contributed by atoms with Gasteiger partial charge in [0.05, 0.1) is 18.1 Å². The second kappa shape index (κ2) is 6.94. The van der Waals surface area contributed by atoms with E-state index in [4.69, 9.17) is 23.2 Å². The van der Waals surface area contributed by atoms with E-state index < -0.39 is 0 Å². The molecule has 2 aromatic carbocycles. The van der Waals surface area contributed by atoms with Crippen LogP contribution in [-0.2, 0) is 6.54 Å². The summed E-state index contributed by atoms with van der Waals surface area (Å²) in [6.45, 7) is 2.50. The number of halogens is 2. The Kier molecular flexibility index (Phi) is 4.49. The lowest BCUT2D eigenvalue weighted by atomic mass is 10.2. The third kappa shape index (κ3) is 3.23. The molecule has 26 heavy (non-hydrogen) atoms. The van der Waals surface area contributed by atoms with Crippen LogP contribution in [-0.4, -0.2) is 19.7 Å². The Hall–Kier alpha value is -2.63. The van der Waals surface area contributed by atoms with Crippen molar-refractivity contribution in [1.29, 1.82) is 0 Å². The first kappa shape index (κ1) is 16.8. The molecule has 0 saturated heterocycles. The van der Waals surface area contributed by atoms with Crippen LogP contribution in [0.3, 0.4) is 0 Å². The zero-order chi connectivity index (χ0) is 18.1. The number of nitrogens with zero attached hydrogens (tertiary/aromatic N) is 4. The standard InChI is InChI=1S/C19H15Cl2N5/c1-12-6-7-14(8-17(12)21)25-18-15-9-24-26(19(15)23-11-22-18)10-13-4-2-3-5-16(13)20/h2-9,11H,10H2,1H3,(H,22,23,25). The predicted molar refractivity (Wildman–Crippen MR) is 105 cm³/mol. The zero-order valence-electron chi connectivity index (χ0n) is 13.9. The summed E-state index contributed by atoms with van der Waals surface area (Å²) < 4.78 is 1.81. The third-order valence-corrected chi connectivity index (χ3v) is 4.92. The summed E-state index contributed by atoms with van der Waals surface area (Å²) in [5, 5.41) is 9.98. The monoisotopic (exact) mass is 383 g/mol. The lowest BCUT2D eigenvalue weighted by Crippen LogP contribution is -2.03. The van der Waals surface area contributed by atoms with E-state index in [9.17, 15) is 0 Å². The van der Waals surface area contributed by atoms with Crippen molar-refractivity contribution in [3.8, 4) is 0 Å². The minimum absolute atomic E-state index is 0.538. The van der Waals surface area contributed by atoms with Crippen LogP contribution in [0.25, 0.3) is 11.0 Å². The number of benzene rings is 2. The van der Waals surface area contributed by atoms with Crippen molar-refractivity contribution in [3.63, 3.8) is 0 Å². The second-order valence-electron chi connectivity index (χ2n) is 5.94. The summed E-state index contributed by atoms with van der Waals surface area (Å²) >= 11 is 12.5. The number of aryl methyl sites for hydroxylation is 1. The summed E-state index contributed by atoms with van der Waals surface area (Å²) in [4.78, 5) is 8.73. The van der Waals surface area contributed by atoms with Gasteiger partial charge in [0.1, 0.15) is 12.1 Å². The molecule has 5 nitrogen and oxygen atoms in total. The molecule has 7 heteroatoms. The highest BCUT2D eigenvalue weighted by Crippen LogP contribution is 2.26. The Morgan fingerprint density at radius 1 is 1.04 bits per heavy atom. The van der Waals surface area contributed by atoms with Gasteiger partial charge in [0.25, 0.3) is 0 Å². The number of fused-ring (bicyclic) bond motifs is 1. The van der Waals surface area contributed by atoms with E-state index in [-0.39, 0.29) is 0 Å². The second-order valence-corrected chi connectivity index (χ2v) is 6.76. The number of rotatable bonds is 4. The van der Waals surface area contributed by atoms with E-state index in [1.165, 1.54) is 6.33 Å². The van der Waals surface area contributed by atoms with Gasteiger partial charge >= 0.3 is 0 Å². The molecule has 0 amide bonds. The molecule has 1 N–H and O–H groups in total. The Bertz CT molecular complexity index is 1090. The molecule has 0 saturated carbocycles. The molecule has 2 heterocycles. The summed E-state index contributed by atoms with van der Waals surface area (Å²) in [6, 6.07) is 13.5. The molecule has 0 atom stereocenters. The van der Waals surface area contributed by atoms with Crippen molar-refractivity contribution in [3.05, 3.63) is 76.2 Å². The molecule has 0 aliphatic carbocycles. The minimum atomic E-state index is 0.538. The molecular weight excluding hydrogens is 369 g/mol. The minimum Gasteiger partial charge on any atom is -0.339 e. The molecule has 4 aromatic rings. The van der Waals surface area contributed by atoms with Crippen molar-refractivity contribution in [2.24, 2.45) is 0 Å². The van der Waals surface area contributed by atoms with E-state index in [1.807, 2.05) is 54.1 Å². The summed E-state index contributed by atoms with van der Waals surface area (Å²) in [5.74, 6) is 0.681. The van der Waals surface area contributed by atoms with Crippen LogP contribution >= 0.6 is 23.2 Å². The van der Waals surface area contributed by atoms with Gasteiger partial charge in [-0.15, -0.1) is 0 Å². The first-order valence-electron chi connectivity index (χ1n) is 8.05. The fraction of sp³-hybridized carbons (Fsp3) is 0.105. The average Bonchev–Trinajstić information content (AvgIpc) is 3.04. The van der Waals surface area contributed by atoms with Crippen LogP contribution in [0.15, 0.2) is 55.0 Å². The predicted octanol–water partition coefficient (Wildman–Crippen LogP) is 5.23. The fourth-order valence-electron chi connectivity index (χ4n) is 2.70. The summed E-state index contributed by atoms with van der Waals surface area (Å²) in [5.41, 5.74) is 3.61. The van der Waals surface area contributed by atoms with Gasteiger partial charge in [-0.05, 0) is 36.2 Å². The van der Waals surface area contributed by atoms with Gasteiger partial charge in [0.15, 0.2) is 5.65 Å². The SMILES string of the molecule is Cc1ccc(Nc2ncnc3c2cnn3Cc2ccccc2Cl)cc1Cl. The lowest BCUT2D eigenvalue weighted by Gasteiger charge is -2.09. The van der Waals surface area contributed by atoms with E-state index in [2.05, 4.69) is 20.4 Å². The normalized spacial score (nSPS) is 11.0. The van der Waals surface area contributed by atoms with Crippen molar-refractivity contribution in [2.45, 2.75) is 13.5 Å². The van der Waals surface area contributed by atoms with Gasteiger partial charge in [0, 0.05) is 15.7 Å². The first-order chi connectivity index (χ1) is 12.6. The summed E-state index contributed by atoms with van der Waals surface area (Å²) in [7, 11) is 0. The maximum atomic E-state index is 6.26. The van der Waals surface area contributed by atoms with Crippen LogP contribution in [0, 0.1) is 6.92 Å². The molecule has 4 rings (SSSR count). The number of aromatic nitrogens is 4. The number of hydrogen-bond acceptors (Lipinski definition) is 4. The van der Waals surface area contributed by atoms with Crippen molar-refractivity contribution >= 4 is 45.7 Å². The van der Waals surface area contributed by atoms with Gasteiger partial charge in [-0.3, -0.25) is 0 Å². The summed E-state index contributed by atoms with van der Waals surface area (Å²) in [6.07, 6.45) is 3.27. The van der Waals surface area contributed by atoms with Crippen LogP contribution in [0.5, 0.6) is 0 Å². The van der Waals surface area contributed by atoms with E-state index in [1.54, 1.807) is 6.20 Å².